The van der Waals surface area contributed by atoms with E-state index in [9.17, 15) is 4.79 Å². The number of hydrogen-bond acceptors (Lipinski definition) is 4. The lowest BCUT2D eigenvalue weighted by Gasteiger charge is -2.06. The molecule has 0 atom stereocenters. The van der Waals surface area contributed by atoms with Crippen LogP contribution in [-0.4, -0.2) is 42.2 Å². The van der Waals surface area contributed by atoms with Crippen molar-refractivity contribution in [3.63, 3.8) is 0 Å². The van der Waals surface area contributed by atoms with Crippen LogP contribution in [0.2, 0.25) is 5.02 Å². The average Bonchev–Trinajstić information content (AvgIpc) is 2.92. The highest BCUT2D eigenvalue weighted by molar-refractivity contribution is 6.35. The van der Waals surface area contributed by atoms with E-state index in [2.05, 4.69) is 15.3 Å². The summed E-state index contributed by atoms with van der Waals surface area (Å²) in [6.45, 7) is 0.0361. The number of nitrogens with one attached hydrogen (secondary N) is 2. The molecule has 0 fully saturated rings. The van der Waals surface area contributed by atoms with E-state index in [0.717, 1.165) is 0 Å². The maximum Gasteiger partial charge on any atom is 0.274 e. The van der Waals surface area contributed by atoms with E-state index in [1.807, 2.05) is 0 Å². The van der Waals surface area contributed by atoms with E-state index < -0.39 is 5.91 Å². The molecule has 0 saturated carbocycles. The fourth-order valence-corrected chi connectivity index (χ4v) is 2.01. The zero-order valence-electron chi connectivity index (χ0n) is 11.7. The molecule has 0 unspecified atom stereocenters. The molecule has 0 spiro atoms. The summed E-state index contributed by atoms with van der Waals surface area (Å²) in [5.41, 5.74) is 6.31. The Morgan fingerprint density at radius 1 is 1.55 bits per heavy atom. The van der Waals surface area contributed by atoms with E-state index in [-0.39, 0.29) is 37.3 Å². The van der Waals surface area contributed by atoms with Crippen LogP contribution in [-0.2, 0) is 0 Å². The standard InChI is InChI=1S/C13H15ClN4O3.ClH/c1-16-13(15)18-12(20)9-6-7-8(14)2-3-10(11(7)17-9)21-5-4-19;/h2-3,6,17,19H,4-5H2,1H3,(H3,15,16,18,20);1H. The van der Waals surface area contributed by atoms with Gasteiger partial charge in [-0.15, -0.1) is 12.4 Å². The molecule has 22 heavy (non-hydrogen) atoms. The Morgan fingerprint density at radius 3 is 2.91 bits per heavy atom. The van der Waals surface area contributed by atoms with Crippen molar-refractivity contribution >= 4 is 46.8 Å². The number of benzene rings is 1. The van der Waals surface area contributed by atoms with Gasteiger partial charge in [0.05, 0.1) is 17.1 Å². The van der Waals surface area contributed by atoms with Gasteiger partial charge in [-0.1, -0.05) is 11.6 Å². The number of amides is 1. The Morgan fingerprint density at radius 2 is 2.27 bits per heavy atom. The first-order valence-corrected chi connectivity index (χ1v) is 6.53. The average molecular weight is 347 g/mol. The number of ether oxygens (including phenoxy) is 1. The largest absolute Gasteiger partial charge is 0.489 e. The molecule has 0 aliphatic carbocycles. The summed E-state index contributed by atoms with van der Waals surface area (Å²) in [6, 6.07) is 4.93. The number of halogens is 2. The molecule has 1 heterocycles. The molecule has 120 valence electrons. The first kappa shape index (κ1) is 18.1. The molecule has 1 amide bonds. The third kappa shape index (κ3) is 3.82. The topological polar surface area (TPSA) is 113 Å². The highest BCUT2D eigenvalue weighted by Gasteiger charge is 2.15. The van der Waals surface area contributed by atoms with Gasteiger partial charge in [-0.2, -0.15) is 0 Å². The van der Waals surface area contributed by atoms with Crippen molar-refractivity contribution in [3.05, 3.63) is 28.9 Å². The lowest BCUT2D eigenvalue weighted by Crippen LogP contribution is -2.36. The number of carbonyl (C=O) groups excluding carboxylic acids is 1. The van der Waals surface area contributed by atoms with Gasteiger partial charge in [0.25, 0.3) is 5.91 Å². The Balaban J connectivity index is 0.00000242. The Bertz CT molecular complexity index is 700. The lowest BCUT2D eigenvalue weighted by molar-refractivity contribution is 0.0972. The van der Waals surface area contributed by atoms with Gasteiger partial charge < -0.3 is 20.6 Å². The smallest absolute Gasteiger partial charge is 0.274 e. The number of guanidine groups is 1. The third-order valence-electron chi connectivity index (χ3n) is 2.78. The monoisotopic (exact) mass is 346 g/mol. The van der Waals surface area contributed by atoms with Gasteiger partial charge in [-0.05, 0) is 18.2 Å². The summed E-state index contributed by atoms with van der Waals surface area (Å²) >= 11 is 6.11. The molecule has 7 nitrogen and oxygen atoms in total. The number of aromatic amines is 1. The summed E-state index contributed by atoms with van der Waals surface area (Å²) in [4.78, 5) is 18.6. The van der Waals surface area contributed by atoms with Gasteiger partial charge in [-0.25, -0.2) is 0 Å². The first-order valence-electron chi connectivity index (χ1n) is 6.15. The Kier molecular flexibility index (Phi) is 6.48. The van der Waals surface area contributed by atoms with Gasteiger partial charge in [0, 0.05) is 12.4 Å². The maximum absolute atomic E-state index is 12.0. The fraction of sp³-hybridized carbons (Fsp3) is 0.231. The van der Waals surface area contributed by atoms with Crippen LogP contribution in [0.4, 0.5) is 0 Å². The van der Waals surface area contributed by atoms with Crippen LogP contribution in [0.1, 0.15) is 10.5 Å². The zero-order chi connectivity index (χ0) is 15.4. The van der Waals surface area contributed by atoms with Gasteiger partial charge >= 0.3 is 0 Å². The minimum atomic E-state index is -0.432. The van der Waals surface area contributed by atoms with Gasteiger partial charge in [0.15, 0.2) is 5.96 Å². The number of nitrogens with zero attached hydrogens (tertiary/aromatic N) is 1. The first-order chi connectivity index (χ1) is 10.1. The summed E-state index contributed by atoms with van der Waals surface area (Å²) < 4.78 is 5.40. The van der Waals surface area contributed by atoms with Crippen LogP contribution in [0.25, 0.3) is 10.9 Å². The van der Waals surface area contributed by atoms with Gasteiger partial charge in [-0.3, -0.25) is 15.1 Å². The number of aromatic nitrogens is 1. The van der Waals surface area contributed by atoms with Crippen molar-refractivity contribution in [2.45, 2.75) is 0 Å². The molecule has 2 rings (SSSR count). The minimum absolute atomic E-state index is 0. The molecule has 0 aliphatic rings. The molecule has 0 bridgehead atoms. The summed E-state index contributed by atoms with van der Waals surface area (Å²) in [5.74, 6) is 0.0830. The second-order valence-corrected chi connectivity index (χ2v) is 4.56. The maximum atomic E-state index is 12.0. The minimum Gasteiger partial charge on any atom is -0.489 e. The molecule has 1 aromatic carbocycles. The van der Waals surface area contributed by atoms with Crippen molar-refractivity contribution < 1.29 is 14.6 Å². The Hall–Kier alpha value is -1.96. The Labute approximate surface area is 137 Å². The van der Waals surface area contributed by atoms with Crippen LogP contribution in [0.15, 0.2) is 23.2 Å². The summed E-state index contributed by atoms with van der Waals surface area (Å²) in [7, 11) is 1.47. The second-order valence-electron chi connectivity index (χ2n) is 4.15. The molecule has 0 radical (unpaired) electrons. The number of fused-ring (bicyclic) bond motifs is 1. The number of aliphatic imine (C=N–C) groups is 1. The van der Waals surface area contributed by atoms with Crippen molar-refractivity contribution in [1.82, 2.24) is 10.3 Å². The SMILES string of the molecule is CN=C(N)NC(=O)c1cc2c(Cl)ccc(OCCO)c2[nH]1.Cl. The fourth-order valence-electron chi connectivity index (χ4n) is 1.80. The van der Waals surface area contributed by atoms with Gasteiger partial charge in [0.2, 0.25) is 0 Å². The molecule has 1 aromatic heterocycles. The number of hydrogen-bond donors (Lipinski definition) is 4. The number of carbonyl (C=O) groups is 1. The summed E-state index contributed by atoms with van der Waals surface area (Å²) in [6.07, 6.45) is 0. The molecule has 2 aromatic rings. The predicted octanol–water partition coefficient (Wildman–Crippen LogP) is 1.29. The molecule has 5 N–H and O–H groups in total. The van der Waals surface area contributed by atoms with Crippen LogP contribution in [0.5, 0.6) is 5.75 Å². The van der Waals surface area contributed by atoms with Crippen LogP contribution in [0.3, 0.4) is 0 Å². The van der Waals surface area contributed by atoms with E-state index in [4.69, 9.17) is 27.2 Å². The van der Waals surface area contributed by atoms with Crippen LogP contribution in [0, 0.1) is 0 Å². The van der Waals surface area contributed by atoms with E-state index in [0.29, 0.717) is 21.7 Å². The van der Waals surface area contributed by atoms with Crippen LogP contribution >= 0.6 is 24.0 Å². The van der Waals surface area contributed by atoms with Crippen molar-refractivity contribution in [2.24, 2.45) is 10.7 Å². The molecule has 0 saturated heterocycles. The molecule has 9 heteroatoms. The second kappa shape index (κ2) is 7.88. The highest BCUT2D eigenvalue weighted by atomic mass is 35.5. The lowest BCUT2D eigenvalue weighted by atomic mass is 10.2. The molecule has 0 aliphatic heterocycles. The molecular formula is C13H16Cl2N4O3. The third-order valence-corrected chi connectivity index (χ3v) is 3.11. The number of nitrogens with two attached hydrogens (primary N) is 1. The van der Waals surface area contributed by atoms with Crippen molar-refractivity contribution in [3.8, 4) is 5.75 Å². The van der Waals surface area contributed by atoms with E-state index >= 15 is 0 Å². The van der Waals surface area contributed by atoms with Crippen molar-refractivity contribution in [2.75, 3.05) is 20.3 Å². The number of H-pyrrole nitrogens is 1. The number of aliphatic hydroxyl groups is 1. The molecular weight excluding hydrogens is 331 g/mol. The van der Waals surface area contributed by atoms with Crippen molar-refractivity contribution in [1.29, 1.82) is 0 Å². The number of aliphatic hydroxyl groups excluding tert-OH is 1. The van der Waals surface area contributed by atoms with Crippen LogP contribution < -0.4 is 15.8 Å². The van der Waals surface area contributed by atoms with E-state index in [1.54, 1.807) is 18.2 Å². The highest BCUT2D eigenvalue weighted by Crippen LogP contribution is 2.31. The quantitative estimate of drug-likeness (QED) is 0.493. The van der Waals surface area contributed by atoms with E-state index in [1.165, 1.54) is 7.05 Å². The zero-order valence-corrected chi connectivity index (χ0v) is 13.3. The normalized spacial score (nSPS) is 11.1. The van der Waals surface area contributed by atoms with Gasteiger partial charge in [0.1, 0.15) is 18.1 Å². The predicted molar refractivity (Wildman–Crippen MR) is 88.2 cm³/mol. The number of rotatable bonds is 4. The summed E-state index contributed by atoms with van der Waals surface area (Å²) in [5, 5.41) is 12.4.